The standard InChI is InChI=1S/C23H42Si.C9H12Br2Si.C7H15.BrH.Mg/c1-6-8-10-12-14-16-21-18-22(17-15-13-11-9-7-2)20-23(19-21)24(3,4)5;1-12(2,3)9-5-7(10)4-8(11)6-9;1-3-5-7-6-4-2;;/h18-20H,6-17H2,1-5H3;4-6H,1-3H3;1,3-7H2,2H3;1H;/q;;-1;;+2/p-1. The van der Waals surface area contributed by atoms with E-state index in [9.17, 15) is 0 Å². The van der Waals surface area contributed by atoms with E-state index in [1.165, 1.54) is 108 Å². The summed E-state index contributed by atoms with van der Waals surface area (Å²) in [6, 6.07) is 14.1. The van der Waals surface area contributed by atoms with Gasteiger partial charge in [-0.15, -0.1) is 0 Å². The molecule has 0 aliphatic heterocycles. The number of unbranched alkanes of at least 4 members (excludes halogenated alkanes) is 12. The molecule has 0 aliphatic rings. The molecule has 6 heteroatoms. The molecule has 0 bridgehead atoms. The van der Waals surface area contributed by atoms with Crippen LogP contribution in [0.4, 0.5) is 0 Å². The zero-order valence-electron chi connectivity index (χ0n) is 31.0. The van der Waals surface area contributed by atoms with Gasteiger partial charge >= 0.3 is 23.1 Å². The number of hydrogen-bond donors (Lipinski definition) is 0. The zero-order chi connectivity index (χ0) is 32.7. The average Bonchev–Trinajstić information content (AvgIpc) is 2.92. The van der Waals surface area contributed by atoms with Crippen LogP contribution in [0.15, 0.2) is 45.3 Å². The second-order valence-corrected chi connectivity index (χ2v) is 26.4. The Hall–Kier alpha value is 1.08. The normalized spacial score (nSPS) is 10.9. The van der Waals surface area contributed by atoms with Crippen molar-refractivity contribution >= 4 is 81.4 Å². The Morgan fingerprint density at radius 2 is 0.822 bits per heavy atom. The van der Waals surface area contributed by atoms with Crippen LogP contribution in [0.1, 0.15) is 128 Å². The minimum Gasteiger partial charge on any atom is -1.00 e. The van der Waals surface area contributed by atoms with E-state index in [0.717, 1.165) is 15.4 Å². The molecule has 0 saturated heterocycles. The summed E-state index contributed by atoms with van der Waals surface area (Å²) in [4.78, 5) is 0. The summed E-state index contributed by atoms with van der Waals surface area (Å²) in [7, 11) is -2.37. The summed E-state index contributed by atoms with van der Waals surface area (Å²) < 4.78 is 2.32. The summed E-state index contributed by atoms with van der Waals surface area (Å²) in [6.45, 7) is 25.1. The first-order chi connectivity index (χ1) is 20.3. The fourth-order valence-electron chi connectivity index (χ4n) is 4.94. The monoisotopic (exact) mass is 854 g/mol. The first-order valence-corrected chi connectivity index (χ1v) is 26.3. The number of benzene rings is 2. The minimum absolute atomic E-state index is 0. The van der Waals surface area contributed by atoms with Crippen molar-refractivity contribution in [3.05, 3.63) is 63.4 Å². The average molecular weight is 858 g/mol. The molecule has 0 nitrogen and oxygen atoms in total. The molecule has 0 fully saturated rings. The van der Waals surface area contributed by atoms with Crippen LogP contribution in [-0.4, -0.2) is 39.2 Å². The van der Waals surface area contributed by atoms with Gasteiger partial charge in [-0.3, -0.25) is 0 Å². The molecular weight excluding hydrogens is 789 g/mol. The molecule has 45 heavy (non-hydrogen) atoms. The summed E-state index contributed by atoms with van der Waals surface area (Å²) in [5.74, 6) is 0. The Morgan fingerprint density at radius 3 is 1.16 bits per heavy atom. The number of rotatable bonds is 18. The van der Waals surface area contributed by atoms with Crippen molar-refractivity contribution in [2.24, 2.45) is 0 Å². The van der Waals surface area contributed by atoms with Crippen molar-refractivity contribution < 1.29 is 17.0 Å². The largest absolute Gasteiger partial charge is 2.00 e. The van der Waals surface area contributed by atoms with Crippen LogP contribution in [0.5, 0.6) is 0 Å². The second kappa shape index (κ2) is 29.9. The van der Waals surface area contributed by atoms with Crippen molar-refractivity contribution in [1.82, 2.24) is 0 Å². The predicted molar refractivity (Wildman–Crippen MR) is 219 cm³/mol. The van der Waals surface area contributed by atoms with Gasteiger partial charge in [0.15, 0.2) is 0 Å². The number of hydrogen-bond acceptors (Lipinski definition) is 0. The molecule has 0 spiro atoms. The Kier molecular flexibility index (Phi) is 33.6. The fraction of sp³-hybridized carbons (Fsp3) is 0.667. The van der Waals surface area contributed by atoms with Crippen molar-refractivity contribution in [2.75, 3.05) is 0 Å². The third-order valence-corrected chi connectivity index (χ3v) is 12.8. The van der Waals surface area contributed by atoms with Gasteiger partial charge in [0, 0.05) is 8.95 Å². The number of halogens is 3. The molecule has 0 saturated carbocycles. The Bertz CT molecular complexity index is 911. The van der Waals surface area contributed by atoms with Crippen LogP contribution < -0.4 is 27.4 Å². The molecule has 0 N–H and O–H groups in total. The van der Waals surface area contributed by atoms with Gasteiger partial charge in [-0.05, 0) is 55.0 Å². The molecule has 256 valence electrons. The van der Waals surface area contributed by atoms with Crippen molar-refractivity contribution in [3.8, 4) is 0 Å². The summed E-state index contributed by atoms with van der Waals surface area (Å²) in [5, 5.41) is 3.14. The maximum Gasteiger partial charge on any atom is 2.00 e. The van der Waals surface area contributed by atoms with E-state index < -0.39 is 16.1 Å². The Labute approximate surface area is 328 Å². The van der Waals surface area contributed by atoms with E-state index in [2.05, 4.69) is 135 Å². The zero-order valence-corrected chi connectivity index (χ0v) is 39.2. The molecule has 0 radical (unpaired) electrons. The van der Waals surface area contributed by atoms with Crippen molar-refractivity contribution in [2.45, 2.75) is 169 Å². The first kappa shape index (κ1) is 50.5. The van der Waals surface area contributed by atoms with Gasteiger partial charge in [0.05, 0.1) is 16.1 Å². The molecule has 0 aliphatic carbocycles. The maximum atomic E-state index is 3.76. The minimum atomic E-state index is -1.22. The molecular formula is C39H69Br3MgSi2. The van der Waals surface area contributed by atoms with Gasteiger partial charge in [0.1, 0.15) is 0 Å². The van der Waals surface area contributed by atoms with Crippen molar-refractivity contribution in [3.63, 3.8) is 0 Å². The summed E-state index contributed by atoms with van der Waals surface area (Å²) >= 11 is 7.00. The smallest absolute Gasteiger partial charge is 1.00 e. The van der Waals surface area contributed by atoms with Gasteiger partial charge < -0.3 is 23.9 Å². The topological polar surface area (TPSA) is 0 Å². The van der Waals surface area contributed by atoms with E-state index in [4.69, 9.17) is 0 Å². The summed E-state index contributed by atoms with van der Waals surface area (Å²) in [6.07, 6.45) is 22.9. The van der Waals surface area contributed by atoms with Crippen LogP contribution in [0.2, 0.25) is 39.3 Å². The van der Waals surface area contributed by atoms with Gasteiger partial charge in [0.2, 0.25) is 0 Å². The quantitative estimate of drug-likeness (QED) is 0.0796. The SMILES string of the molecule is CCCCCCCc1cc(CCCCCCC)cc([Si](C)(C)C)c1.C[Si](C)(C)c1cc(Br)cc(Br)c1.[Br-].[CH2-]CCCCCC.[Mg+2]. The third-order valence-electron chi connectivity index (χ3n) is 7.89. The Morgan fingerprint density at radius 1 is 0.489 bits per heavy atom. The van der Waals surface area contributed by atoms with E-state index in [1.807, 2.05) is 0 Å². The third kappa shape index (κ3) is 27.6. The number of aryl methyl sites for hydroxylation is 2. The molecule has 2 aromatic carbocycles. The van der Waals surface area contributed by atoms with E-state index in [0.29, 0.717) is 0 Å². The predicted octanol–water partition coefficient (Wildman–Crippen LogP) is 10.4. The maximum absolute atomic E-state index is 3.76. The molecule has 0 amide bonds. The van der Waals surface area contributed by atoms with E-state index in [1.54, 1.807) is 16.3 Å². The van der Waals surface area contributed by atoms with Gasteiger partial charge in [-0.1, -0.05) is 198 Å². The van der Waals surface area contributed by atoms with Gasteiger partial charge in [-0.2, -0.15) is 6.42 Å². The molecule has 0 aromatic heterocycles. The molecule has 2 aromatic rings. The fourth-order valence-corrected chi connectivity index (χ4v) is 9.07. The van der Waals surface area contributed by atoms with Gasteiger partial charge in [0.25, 0.3) is 0 Å². The van der Waals surface area contributed by atoms with E-state index in [-0.39, 0.29) is 40.0 Å². The molecule has 2 rings (SSSR count). The summed E-state index contributed by atoms with van der Waals surface area (Å²) in [5.41, 5.74) is 3.21. The van der Waals surface area contributed by atoms with Crippen LogP contribution in [0, 0.1) is 6.92 Å². The van der Waals surface area contributed by atoms with Crippen LogP contribution in [0.25, 0.3) is 0 Å². The van der Waals surface area contributed by atoms with Crippen LogP contribution in [-0.2, 0) is 12.8 Å². The van der Waals surface area contributed by atoms with Crippen LogP contribution >= 0.6 is 31.9 Å². The van der Waals surface area contributed by atoms with Crippen LogP contribution in [0.3, 0.4) is 0 Å². The first-order valence-electron chi connectivity index (χ1n) is 17.7. The van der Waals surface area contributed by atoms with E-state index >= 15 is 0 Å². The Balaban J connectivity index is -0.000000699. The second-order valence-electron chi connectivity index (χ2n) is 14.4. The molecule has 0 heterocycles. The van der Waals surface area contributed by atoms with Crippen molar-refractivity contribution in [1.29, 1.82) is 0 Å². The molecule has 0 atom stereocenters. The van der Waals surface area contributed by atoms with Gasteiger partial charge in [-0.25, -0.2) is 0 Å². The molecule has 0 unspecified atom stereocenters.